The van der Waals surface area contributed by atoms with Crippen molar-refractivity contribution in [2.75, 3.05) is 12.3 Å². The van der Waals surface area contributed by atoms with E-state index >= 15 is 0 Å². The molecule has 0 bridgehead atoms. The summed E-state index contributed by atoms with van der Waals surface area (Å²) in [5.41, 5.74) is 3.85. The lowest BCUT2D eigenvalue weighted by atomic mass is 10.0. The Kier molecular flexibility index (Phi) is 6.43. The van der Waals surface area contributed by atoms with Crippen LogP contribution in [0.2, 0.25) is 0 Å². The van der Waals surface area contributed by atoms with E-state index < -0.39 is 6.04 Å². The van der Waals surface area contributed by atoms with Crippen molar-refractivity contribution < 1.29 is 14.0 Å². The maximum atomic E-state index is 13.7. The number of nitrogens with zero attached hydrogens (tertiary/aromatic N) is 2. The number of hydrogen-bond acceptors (Lipinski definition) is 4. The molecule has 2 amide bonds. The summed E-state index contributed by atoms with van der Waals surface area (Å²) in [5.74, 6) is -0.324. The van der Waals surface area contributed by atoms with Gasteiger partial charge >= 0.3 is 0 Å². The lowest BCUT2D eigenvalue weighted by Crippen LogP contribution is -2.44. The Morgan fingerprint density at radius 2 is 1.91 bits per heavy atom. The predicted molar refractivity (Wildman–Crippen MR) is 134 cm³/mol. The molecule has 34 heavy (non-hydrogen) atoms. The number of benzene rings is 2. The summed E-state index contributed by atoms with van der Waals surface area (Å²) in [7, 11) is 1.98. The number of rotatable bonds is 6. The maximum Gasteiger partial charge on any atom is 0.247 e. The maximum absolute atomic E-state index is 13.7. The van der Waals surface area contributed by atoms with Crippen molar-refractivity contribution in [3.63, 3.8) is 0 Å². The lowest BCUT2D eigenvalue weighted by molar-refractivity contribution is -0.138. The number of carbonyl (C=O) groups excluding carboxylic acids is 2. The van der Waals surface area contributed by atoms with Gasteiger partial charge in [0.2, 0.25) is 11.8 Å². The molecular weight excluding hydrogens is 469 g/mol. The zero-order valence-electron chi connectivity index (χ0n) is 18.7. The van der Waals surface area contributed by atoms with Crippen LogP contribution in [0.15, 0.2) is 70.4 Å². The lowest BCUT2D eigenvalue weighted by Gasteiger charge is -2.30. The van der Waals surface area contributed by atoms with Crippen LogP contribution in [0.4, 0.5) is 4.39 Å². The summed E-state index contributed by atoms with van der Waals surface area (Å²) in [5, 5.41) is 9.01. The molecule has 1 unspecified atom stereocenters. The van der Waals surface area contributed by atoms with Gasteiger partial charge in [0.1, 0.15) is 11.9 Å². The molecule has 4 aromatic rings. The molecule has 1 aliphatic heterocycles. The van der Waals surface area contributed by atoms with Crippen molar-refractivity contribution in [1.82, 2.24) is 14.8 Å². The first-order valence-electron chi connectivity index (χ1n) is 11.1. The van der Waals surface area contributed by atoms with Gasteiger partial charge in [-0.15, -0.1) is 0 Å². The number of halogens is 1. The zero-order chi connectivity index (χ0) is 23.7. The monoisotopic (exact) mass is 493 g/mol. The summed E-state index contributed by atoms with van der Waals surface area (Å²) >= 11 is 3.11. The summed E-state index contributed by atoms with van der Waals surface area (Å²) in [4.78, 5) is 28.7. The fourth-order valence-corrected chi connectivity index (χ4v) is 6.25. The standard InChI is InChI=1S/C26H24FN3O2S2/c1-29-21-5-3-2-4-20(21)23-24(25(32)28-14-17-6-8-19(27)9-7-17)30(22(31)16-34-26(23)29)12-10-18-11-13-33-15-18/h2-9,11,13,15,24H,10,12,14,16H2,1H3,(H,28,32). The summed E-state index contributed by atoms with van der Waals surface area (Å²) in [6, 6.07) is 15.4. The summed E-state index contributed by atoms with van der Waals surface area (Å²) in [6.07, 6.45) is 0.682. The van der Waals surface area contributed by atoms with Crippen LogP contribution in [0, 0.1) is 5.82 Å². The highest BCUT2D eigenvalue weighted by Crippen LogP contribution is 2.41. The summed E-state index contributed by atoms with van der Waals surface area (Å²) in [6.45, 7) is 0.711. The van der Waals surface area contributed by atoms with E-state index in [0.29, 0.717) is 13.0 Å². The fraction of sp³-hybridized carbons (Fsp3) is 0.231. The molecule has 1 N–H and O–H groups in total. The van der Waals surface area contributed by atoms with E-state index in [9.17, 15) is 14.0 Å². The van der Waals surface area contributed by atoms with E-state index in [0.717, 1.165) is 32.6 Å². The minimum atomic E-state index is -0.748. The Hall–Kier alpha value is -3.10. The number of hydrogen-bond donors (Lipinski definition) is 1. The third kappa shape index (κ3) is 4.35. The Morgan fingerprint density at radius 1 is 1.12 bits per heavy atom. The third-order valence-corrected chi connectivity index (χ3v) is 8.07. The van der Waals surface area contributed by atoms with E-state index in [-0.39, 0.29) is 29.9 Å². The van der Waals surface area contributed by atoms with Crippen LogP contribution in [-0.4, -0.2) is 33.6 Å². The van der Waals surface area contributed by atoms with Crippen molar-refractivity contribution >= 4 is 45.8 Å². The van der Waals surface area contributed by atoms with Gasteiger partial charge < -0.3 is 14.8 Å². The van der Waals surface area contributed by atoms with Gasteiger partial charge in [-0.1, -0.05) is 42.1 Å². The molecule has 5 rings (SSSR count). The number of carbonyl (C=O) groups is 2. The van der Waals surface area contributed by atoms with E-state index in [1.807, 2.05) is 36.7 Å². The van der Waals surface area contributed by atoms with Crippen LogP contribution in [0.3, 0.4) is 0 Å². The van der Waals surface area contributed by atoms with Crippen molar-refractivity contribution in [1.29, 1.82) is 0 Å². The number of aromatic nitrogens is 1. The molecule has 2 aromatic heterocycles. The van der Waals surface area contributed by atoms with Crippen molar-refractivity contribution in [3.05, 3.63) is 87.9 Å². The Balaban J connectivity index is 1.53. The predicted octanol–water partition coefficient (Wildman–Crippen LogP) is 4.91. The van der Waals surface area contributed by atoms with Crippen LogP contribution in [0.25, 0.3) is 10.9 Å². The Labute approximate surface area is 205 Å². The third-order valence-electron chi connectivity index (χ3n) is 6.18. The van der Waals surface area contributed by atoms with Gasteiger partial charge in [0.15, 0.2) is 0 Å². The van der Waals surface area contributed by atoms with E-state index in [1.165, 1.54) is 23.9 Å². The van der Waals surface area contributed by atoms with Crippen molar-refractivity contribution in [3.8, 4) is 0 Å². The second-order valence-corrected chi connectivity index (χ2v) is 10.0. The Morgan fingerprint density at radius 3 is 2.68 bits per heavy atom. The number of aryl methyl sites for hydroxylation is 1. The van der Waals surface area contributed by atoms with Gasteiger partial charge in [0.05, 0.1) is 10.8 Å². The van der Waals surface area contributed by atoms with Crippen LogP contribution in [-0.2, 0) is 29.6 Å². The molecule has 0 spiro atoms. The number of thioether (sulfide) groups is 1. The van der Waals surface area contributed by atoms with Gasteiger partial charge in [-0.25, -0.2) is 4.39 Å². The second kappa shape index (κ2) is 9.64. The molecule has 3 heterocycles. The van der Waals surface area contributed by atoms with Crippen LogP contribution < -0.4 is 5.32 Å². The molecule has 0 fully saturated rings. The van der Waals surface area contributed by atoms with Gasteiger partial charge in [0.25, 0.3) is 0 Å². The van der Waals surface area contributed by atoms with Crippen molar-refractivity contribution in [2.45, 2.75) is 24.0 Å². The molecule has 1 atom stereocenters. The number of amides is 2. The van der Waals surface area contributed by atoms with E-state index in [1.54, 1.807) is 28.4 Å². The largest absolute Gasteiger partial charge is 0.350 e. The van der Waals surface area contributed by atoms with Crippen molar-refractivity contribution in [2.24, 2.45) is 7.05 Å². The Bertz CT molecular complexity index is 1330. The molecule has 1 aliphatic rings. The molecule has 0 saturated carbocycles. The molecule has 0 aliphatic carbocycles. The molecule has 2 aromatic carbocycles. The SMILES string of the molecule is Cn1c2c(c3ccccc31)C(C(=O)NCc1ccc(F)cc1)N(CCc1ccsc1)C(=O)CS2. The minimum Gasteiger partial charge on any atom is -0.350 e. The molecule has 174 valence electrons. The van der Waals surface area contributed by atoms with Gasteiger partial charge in [-0.3, -0.25) is 9.59 Å². The first kappa shape index (κ1) is 22.7. The van der Waals surface area contributed by atoms with E-state index in [4.69, 9.17) is 0 Å². The van der Waals surface area contributed by atoms with Crippen LogP contribution in [0.5, 0.6) is 0 Å². The normalized spacial score (nSPS) is 15.9. The van der Waals surface area contributed by atoms with Crippen LogP contribution in [0.1, 0.15) is 22.7 Å². The molecule has 5 nitrogen and oxygen atoms in total. The van der Waals surface area contributed by atoms with Gasteiger partial charge in [-0.2, -0.15) is 11.3 Å². The second-order valence-electron chi connectivity index (χ2n) is 8.30. The highest BCUT2D eigenvalue weighted by Gasteiger charge is 2.38. The number of fused-ring (bicyclic) bond motifs is 3. The molecule has 8 heteroatoms. The average Bonchev–Trinajstić information content (AvgIpc) is 3.42. The van der Waals surface area contributed by atoms with E-state index in [2.05, 4.69) is 21.3 Å². The molecule has 0 radical (unpaired) electrons. The van der Waals surface area contributed by atoms with Gasteiger partial charge in [0, 0.05) is 36.6 Å². The highest BCUT2D eigenvalue weighted by molar-refractivity contribution is 8.00. The minimum absolute atomic E-state index is 0.0533. The first-order valence-corrected chi connectivity index (χ1v) is 13.0. The fourth-order valence-electron chi connectivity index (χ4n) is 4.45. The highest BCUT2D eigenvalue weighted by atomic mass is 32.2. The number of thiophene rings is 1. The molecule has 0 saturated heterocycles. The zero-order valence-corrected chi connectivity index (χ0v) is 20.3. The average molecular weight is 494 g/mol. The number of para-hydroxylation sites is 1. The van der Waals surface area contributed by atoms with Gasteiger partial charge in [-0.05, 0) is 52.6 Å². The number of nitrogens with one attached hydrogen (secondary N) is 1. The van der Waals surface area contributed by atoms with Crippen LogP contribution >= 0.6 is 23.1 Å². The molecular formula is C26H24FN3O2S2. The smallest absolute Gasteiger partial charge is 0.247 e. The topological polar surface area (TPSA) is 54.3 Å². The summed E-state index contributed by atoms with van der Waals surface area (Å²) < 4.78 is 15.4. The quantitative estimate of drug-likeness (QED) is 0.415. The first-order chi connectivity index (χ1) is 16.5.